The second-order valence-electron chi connectivity index (χ2n) is 9.17. The van der Waals surface area contributed by atoms with E-state index in [-0.39, 0.29) is 5.41 Å². The zero-order valence-corrected chi connectivity index (χ0v) is 18.2. The molecule has 1 saturated heterocycles. The van der Waals surface area contributed by atoms with Crippen molar-refractivity contribution in [2.24, 2.45) is 0 Å². The van der Waals surface area contributed by atoms with Crippen LogP contribution in [-0.2, 0) is 18.4 Å². The summed E-state index contributed by atoms with van der Waals surface area (Å²) in [6.45, 7) is 10.9. The van der Waals surface area contributed by atoms with Gasteiger partial charge in [-0.25, -0.2) is 9.97 Å². The maximum absolute atomic E-state index is 4.62. The fourth-order valence-corrected chi connectivity index (χ4v) is 4.58. The fraction of sp³-hybridized carbons (Fsp3) is 0.385. The van der Waals surface area contributed by atoms with E-state index < -0.39 is 0 Å². The summed E-state index contributed by atoms with van der Waals surface area (Å²) >= 11 is 0. The van der Waals surface area contributed by atoms with Crippen molar-refractivity contribution in [1.82, 2.24) is 9.97 Å². The molecule has 3 heterocycles. The van der Waals surface area contributed by atoms with E-state index in [0.717, 1.165) is 32.6 Å². The SMILES string of the molecule is Cc1ccc(C(C)(C)c2ccc(N3CCc4c(ncnc4N4CCC4)C3)cc2)cc1. The molecule has 0 saturated carbocycles. The molecule has 1 fully saturated rings. The number of aryl methyl sites for hydroxylation is 1. The number of nitrogens with zero attached hydrogens (tertiary/aromatic N) is 4. The lowest BCUT2D eigenvalue weighted by molar-refractivity contribution is 0.597. The van der Waals surface area contributed by atoms with E-state index in [1.165, 1.54) is 45.9 Å². The van der Waals surface area contributed by atoms with Crippen molar-refractivity contribution in [3.8, 4) is 0 Å². The van der Waals surface area contributed by atoms with Crippen LogP contribution in [0.5, 0.6) is 0 Å². The average molecular weight is 399 g/mol. The number of rotatable bonds is 4. The molecule has 2 aromatic carbocycles. The molecule has 0 aliphatic carbocycles. The minimum absolute atomic E-state index is 0.0138. The first kappa shape index (κ1) is 19.1. The molecule has 0 atom stereocenters. The Morgan fingerprint density at radius 1 is 0.800 bits per heavy atom. The van der Waals surface area contributed by atoms with Gasteiger partial charge >= 0.3 is 0 Å². The first-order chi connectivity index (χ1) is 14.5. The topological polar surface area (TPSA) is 32.3 Å². The molecule has 154 valence electrons. The van der Waals surface area contributed by atoms with Crippen LogP contribution in [0.3, 0.4) is 0 Å². The Bertz CT molecular complexity index is 1030. The average Bonchev–Trinajstić information content (AvgIpc) is 2.73. The Labute approximate surface area is 179 Å². The van der Waals surface area contributed by atoms with Crippen LogP contribution in [0.1, 0.15) is 48.2 Å². The Balaban J connectivity index is 1.36. The zero-order valence-electron chi connectivity index (χ0n) is 18.2. The number of fused-ring (bicyclic) bond motifs is 1. The van der Waals surface area contributed by atoms with Gasteiger partial charge in [0, 0.05) is 36.3 Å². The van der Waals surface area contributed by atoms with E-state index >= 15 is 0 Å². The molecule has 0 amide bonds. The summed E-state index contributed by atoms with van der Waals surface area (Å²) in [5.74, 6) is 1.17. The van der Waals surface area contributed by atoms with Crippen molar-refractivity contribution in [3.05, 3.63) is 82.8 Å². The third kappa shape index (κ3) is 3.34. The summed E-state index contributed by atoms with van der Waals surface area (Å²) in [4.78, 5) is 14.0. The Morgan fingerprint density at radius 2 is 1.47 bits per heavy atom. The molecule has 3 aromatic rings. The number of aromatic nitrogens is 2. The smallest absolute Gasteiger partial charge is 0.135 e. The standard InChI is InChI=1S/C26H30N4/c1-19-5-7-20(8-6-19)26(2,3)21-9-11-22(12-10-21)30-16-13-23-24(17-30)27-18-28-25(23)29-14-4-15-29/h5-12,18H,4,13-17H2,1-3H3. The molecule has 4 heteroatoms. The highest BCUT2D eigenvalue weighted by Crippen LogP contribution is 2.34. The number of hydrogen-bond donors (Lipinski definition) is 0. The molecule has 4 nitrogen and oxygen atoms in total. The second-order valence-corrected chi connectivity index (χ2v) is 9.17. The van der Waals surface area contributed by atoms with Gasteiger partial charge in [-0.1, -0.05) is 55.8 Å². The highest BCUT2D eigenvalue weighted by atomic mass is 15.2. The van der Waals surface area contributed by atoms with E-state index in [0.29, 0.717) is 0 Å². The molecule has 2 aliphatic rings. The monoisotopic (exact) mass is 398 g/mol. The lowest BCUT2D eigenvalue weighted by Gasteiger charge is -2.37. The van der Waals surface area contributed by atoms with Crippen molar-refractivity contribution in [3.63, 3.8) is 0 Å². The molecule has 0 radical (unpaired) electrons. The number of hydrogen-bond acceptors (Lipinski definition) is 4. The third-order valence-electron chi connectivity index (χ3n) is 6.87. The van der Waals surface area contributed by atoms with Gasteiger partial charge in [0.2, 0.25) is 0 Å². The van der Waals surface area contributed by atoms with Crippen molar-refractivity contribution in [2.75, 3.05) is 29.4 Å². The number of benzene rings is 2. The normalized spacial score (nSPS) is 16.2. The van der Waals surface area contributed by atoms with Gasteiger partial charge in [-0.2, -0.15) is 0 Å². The summed E-state index contributed by atoms with van der Waals surface area (Å²) in [6.07, 6.45) is 4.03. The molecule has 0 spiro atoms. The highest BCUT2D eigenvalue weighted by Gasteiger charge is 2.27. The van der Waals surface area contributed by atoms with Gasteiger partial charge in [0.05, 0.1) is 12.2 Å². The molecule has 2 aliphatic heterocycles. The third-order valence-corrected chi connectivity index (χ3v) is 6.87. The van der Waals surface area contributed by atoms with Crippen LogP contribution in [0.15, 0.2) is 54.9 Å². The minimum atomic E-state index is -0.0138. The predicted molar refractivity (Wildman–Crippen MR) is 123 cm³/mol. The highest BCUT2D eigenvalue weighted by molar-refractivity contribution is 5.56. The van der Waals surface area contributed by atoms with Crippen molar-refractivity contribution >= 4 is 11.5 Å². The molecular formula is C26H30N4. The molecule has 0 unspecified atom stereocenters. The quantitative estimate of drug-likeness (QED) is 0.627. The van der Waals surface area contributed by atoms with E-state index in [4.69, 9.17) is 0 Å². The largest absolute Gasteiger partial charge is 0.365 e. The summed E-state index contributed by atoms with van der Waals surface area (Å²) in [7, 11) is 0. The molecular weight excluding hydrogens is 368 g/mol. The van der Waals surface area contributed by atoms with Gasteiger partial charge in [-0.05, 0) is 43.0 Å². The van der Waals surface area contributed by atoms with Crippen molar-refractivity contribution in [1.29, 1.82) is 0 Å². The van der Waals surface area contributed by atoms with E-state index in [1.807, 2.05) is 0 Å². The molecule has 0 N–H and O–H groups in total. The van der Waals surface area contributed by atoms with Crippen LogP contribution < -0.4 is 9.80 Å². The lowest BCUT2D eigenvalue weighted by Crippen LogP contribution is -2.40. The van der Waals surface area contributed by atoms with Crippen LogP contribution in [0.25, 0.3) is 0 Å². The van der Waals surface area contributed by atoms with E-state index in [1.54, 1.807) is 6.33 Å². The van der Waals surface area contributed by atoms with Crippen LogP contribution in [0, 0.1) is 6.92 Å². The van der Waals surface area contributed by atoms with Gasteiger partial charge in [-0.3, -0.25) is 0 Å². The van der Waals surface area contributed by atoms with E-state index in [9.17, 15) is 0 Å². The first-order valence-corrected chi connectivity index (χ1v) is 11.0. The van der Waals surface area contributed by atoms with Gasteiger partial charge in [-0.15, -0.1) is 0 Å². The molecule has 5 rings (SSSR count). The molecule has 30 heavy (non-hydrogen) atoms. The van der Waals surface area contributed by atoms with Gasteiger partial charge in [0.1, 0.15) is 12.1 Å². The van der Waals surface area contributed by atoms with Crippen molar-refractivity contribution < 1.29 is 0 Å². The number of anilines is 2. The lowest BCUT2D eigenvalue weighted by atomic mass is 9.78. The van der Waals surface area contributed by atoms with Crippen LogP contribution in [0.2, 0.25) is 0 Å². The summed E-state index contributed by atoms with van der Waals surface area (Å²) in [5, 5.41) is 0. The first-order valence-electron chi connectivity index (χ1n) is 11.0. The van der Waals surface area contributed by atoms with Crippen LogP contribution in [-0.4, -0.2) is 29.6 Å². The van der Waals surface area contributed by atoms with Crippen LogP contribution in [0.4, 0.5) is 11.5 Å². The zero-order chi connectivity index (χ0) is 20.7. The van der Waals surface area contributed by atoms with Gasteiger partial charge < -0.3 is 9.80 Å². The Hall–Kier alpha value is -2.88. The minimum Gasteiger partial charge on any atom is -0.365 e. The maximum Gasteiger partial charge on any atom is 0.135 e. The van der Waals surface area contributed by atoms with Crippen molar-refractivity contribution in [2.45, 2.75) is 45.6 Å². The van der Waals surface area contributed by atoms with E-state index in [2.05, 4.69) is 89.1 Å². The Kier molecular flexibility index (Phi) is 4.73. The predicted octanol–water partition coefficient (Wildman–Crippen LogP) is 4.88. The molecule has 0 bridgehead atoms. The molecule has 1 aromatic heterocycles. The van der Waals surface area contributed by atoms with Crippen LogP contribution >= 0.6 is 0 Å². The van der Waals surface area contributed by atoms with Gasteiger partial charge in [0.15, 0.2) is 0 Å². The summed E-state index contributed by atoms with van der Waals surface area (Å²) in [6, 6.07) is 18.0. The second kappa shape index (κ2) is 7.42. The Morgan fingerprint density at radius 3 is 2.10 bits per heavy atom. The fourth-order valence-electron chi connectivity index (χ4n) is 4.58. The maximum atomic E-state index is 4.62. The van der Waals surface area contributed by atoms with Gasteiger partial charge in [0.25, 0.3) is 0 Å². The summed E-state index contributed by atoms with van der Waals surface area (Å²) in [5.41, 5.74) is 7.79. The summed E-state index contributed by atoms with van der Waals surface area (Å²) < 4.78 is 0.